The molecule has 7 heteroatoms. The van der Waals surface area contributed by atoms with Crippen molar-refractivity contribution in [1.82, 2.24) is 10.3 Å². The van der Waals surface area contributed by atoms with Gasteiger partial charge in [0.2, 0.25) is 6.10 Å². The summed E-state index contributed by atoms with van der Waals surface area (Å²) in [6.45, 7) is 5.28. The summed E-state index contributed by atoms with van der Waals surface area (Å²) in [5.41, 5.74) is 1.99. The Morgan fingerprint density at radius 3 is 2.43 bits per heavy atom. The van der Waals surface area contributed by atoms with Gasteiger partial charge in [0.05, 0.1) is 12.2 Å². The van der Waals surface area contributed by atoms with Crippen LogP contribution < -0.4 is 5.32 Å². The Balaban J connectivity index is 1.85. The first-order chi connectivity index (χ1) is 13.4. The van der Waals surface area contributed by atoms with Gasteiger partial charge >= 0.3 is 11.9 Å². The number of carbonyl (C=O) groups is 3. The summed E-state index contributed by atoms with van der Waals surface area (Å²) in [6, 6.07) is 9.00. The Morgan fingerprint density at radius 1 is 1.14 bits per heavy atom. The fourth-order valence-corrected chi connectivity index (χ4v) is 3.03. The van der Waals surface area contributed by atoms with E-state index in [0.717, 1.165) is 12.8 Å². The molecule has 1 fully saturated rings. The predicted octanol–water partition coefficient (Wildman–Crippen LogP) is 2.98. The predicted molar refractivity (Wildman–Crippen MR) is 102 cm³/mol. The van der Waals surface area contributed by atoms with Crippen LogP contribution in [0.2, 0.25) is 0 Å². The summed E-state index contributed by atoms with van der Waals surface area (Å²) >= 11 is 0. The van der Waals surface area contributed by atoms with Crippen molar-refractivity contribution < 1.29 is 23.9 Å². The van der Waals surface area contributed by atoms with E-state index in [1.807, 2.05) is 6.07 Å². The third-order valence-electron chi connectivity index (χ3n) is 4.61. The Labute approximate surface area is 163 Å². The number of benzene rings is 1. The molecule has 0 unspecified atom stereocenters. The average Bonchev–Trinajstić information content (AvgIpc) is 3.43. The van der Waals surface area contributed by atoms with Crippen molar-refractivity contribution in [1.29, 1.82) is 0 Å². The number of aromatic amines is 1. The number of H-pyrrole nitrogens is 1. The summed E-state index contributed by atoms with van der Waals surface area (Å²) in [5, 5.41) is 2.87. The normalized spacial score (nSPS) is 14.2. The molecule has 0 saturated heterocycles. The van der Waals surface area contributed by atoms with Crippen LogP contribution in [0, 0.1) is 13.8 Å². The van der Waals surface area contributed by atoms with E-state index in [-0.39, 0.29) is 24.2 Å². The van der Waals surface area contributed by atoms with E-state index in [9.17, 15) is 14.4 Å². The van der Waals surface area contributed by atoms with Crippen molar-refractivity contribution in [2.24, 2.45) is 0 Å². The van der Waals surface area contributed by atoms with Gasteiger partial charge in [-0.15, -0.1) is 0 Å². The van der Waals surface area contributed by atoms with Gasteiger partial charge in [-0.2, -0.15) is 0 Å². The second kappa shape index (κ2) is 8.29. The monoisotopic (exact) mass is 384 g/mol. The van der Waals surface area contributed by atoms with E-state index in [1.165, 1.54) is 0 Å². The number of hydrogen-bond donors (Lipinski definition) is 2. The molecule has 0 bridgehead atoms. The molecule has 7 nitrogen and oxygen atoms in total. The second-order valence-electron chi connectivity index (χ2n) is 6.82. The number of carbonyl (C=O) groups excluding carboxylic acids is 3. The molecule has 1 amide bonds. The van der Waals surface area contributed by atoms with Crippen molar-refractivity contribution >= 4 is 17.8 Å². The van der Waals surface area contributed by atoms with E-state index in [0.29, 0.717) is 22.4 Å². The first-order valence-electron chi connectivity index (χ1n) is 9.35. The van der Waals surface area contributed by atoms with E-state index in [2.05, 4.69) is 10.3 Å². The van der Waals surface area contributed by atoms with Gasteiger partial charge in [-0.3, -0.25) is 4.79 Å². The van der Waals surface area contributed by atoms with Crippen LogP contribution in [0.15, 0.2) is 30.3 Å². The summed E-state index contributed by atoms with van der Waals surface area (Å²) in [6.07, 6.45) is 0.793. The molecule has 148 valence electrons. The van der Waals surface area contributed by atoms with E-state index in [1.54, 1.807) is 45.0 Å². The van der Waals surface area contributed by atoms with Crippen LogP contribution >= 0.6 is 0 Å². The molecule has 0 radical (unpaired) electrons. The Morgan fingerprint density at radius 2 is 1.82 bits per heavy atom. The molecule has 1 aromatic heterocycles. The zero-order chi connectivity index (χ0) is 20.3. The minimum atomic E-state index is -1.07. The van der Waals surface area contributed by atoms with Gasteiger partial charge in [-0.05, 0) is 39.2 Å². The van der Waals surface area contributed by atoms with Gasteiger partial charge in [0.15, 0.2) is 0 Å². The Kier molecular flexibility index (Phi) is 5.82. The molecule has 3 rings (SSSR count). The fourth-order valence-electron chi connectivity index (χ4n) is 3.03. The number of ether oxygens (including phenoxy) is 2. The lowest BCUT2D eigenvalue weighted by Crippen LogP contribution is -2.33. The maximum absolute atomic E-state index is 12.8. The lowest BCUT2D eigenvalue weighted by Gasteiger charge is -2.18. The molecular weight excluding hydrogens is 360 g/mol. The van der Waals surface area contributed by atoms with Crippen LogP contribution in [0.3, 0.4) is 0 Å². The number of esters is 2. The summed E-state index contributed by atoms with van der Waals surface area (Å²) in [5.74, 6) is -1.55. The minimum Gasteiger partial charge on any atom is -0.462 e. The number of nitrogens with one attached hydrogen (secondary N) is 2. The highest BCUT2D eigenvalue weighted by Crippen LogP contribution is 2.26. The van der Waals surface area contributed by atoms with Crippen molar-refractivity contribution in [3.05, 3.63) is 58.4 Å². The highest BCUT2D eigenvalue weighted by Gasteiger charge is 2.32. The Bertz CT molecular complexity index is 884. The molecule has 2 aromatic rings. The summed E-state index contributed by atoms with van der Waals surface area (Å²) in [7, 11) is 0. The van der Waals surface area contributed by atoms with Gasteiger partial charge in [0.1, 0.15) is 5.69 Å². The molecule has 1 heterocycles. The standard InChI is InChI=1S/C21H24N2O5/c1-4-27-20(25)16-12(2)17(22-13(16)3)21(26)28-18(14-8-6-5-7-9-14)19(24)23-15-10-11-15/h5-9,15,18,22H,4,10-11H2,1-3H3,(H,23,24)/t18-/m1/s1. The number of rotatable bonds is 7. The van der Waals surface area contributed by atoms with E-state index < -0.39 is 18.0 Å². The largest absolute Gasteiger partial charge is 0.462 e. The molecule has 1 aliphatic carbocycles. The second-order valence-corrected chi connectivity index (χ2v) is 6.82. The topological polar surface area (TPSA) is 97.5 Å². The minimum absolute atomic E-state index is 0.140. The average molecular weight is 384 g/mol. The van der Waals surface area contributed by atoms with Gasteiger partial charge in [0.25, 0.3) is 5.91 Å². The van der Waals surface area contributed by atoms with E-state index in [4.69, 9.17) is 9.47 Å². The molecule has 1 aliphatic rings. The number of amides is 1. The third-order valence-corrected chi connectivity index (χ3v) is 4.61. The SMILES string of the molecule is CCOC(=O)c1c(C)[nH]c(C(=O)O[C@@H](C(=O)NC2CC2)c2ccccc2)c1C. The van der Waals surface area contributed by atoms with Crippen LogP contribution in [0.5, 0.6) is 0 Å². The maximum Gasteiger partial charge on any atom is 0.356 e. The first-order valence-corrected chi connectivity index (χ1v) is 9.35. The van der Waals surface area contributed by atoms with Crippen LogP contribution in [-0.2, 0) is 14.3 Å². The zero-order valence-corrected chi connectivity index (χ0v) is 16.2. The molecule has 28 heavy (non-hydrogen) atoms. The van der Waals surface area contributed by atoms with Crippen LogP contribution in [0.25, 0.3) is 0 Å². The van der Waals surface area contributed by atoms with Gasteiger partial charge in [-0.1, -0.05) is 30.3 Å². The number of aromatic nitrogens is 1. The highest BCUT2D eigenvalue weighted by atomic mass is 16.5. The van der Waals surface area contributed by atoms with Crippen molar-refractivity contribution in [3.8, 4) is 0 Å². The van der Waals surface area contributed by atoms with Gasteiger partial charge in [-0.25, -0.2) is 9.59 Å². The van der Waals surface area contributed by atoms with Crippen LogP contribution in [0.4, 0.5) is 0 Å². The lowest BCUT2D eigenvalue weighted by molar-refractivity contribution is -0.130. The smallest absolute Gasteiger partial charge is 0.356 e. The van der Waals surface area contributed by atoms with Gasteiger partial charge < -0.3 is 19.8 Å². The maximum atomic E-state index is 12.8. The molecular formula is C21H24N2O5. The first kappa shape index (κ1) is 19.7. The van der Waals surface area contributed by atoms with Gasteiger partial charge in [0, 0.05) is 17.3 Å². The lowest BCUT2D eigenvalue weighted by atomic mass is 10.1. The molecule has 0 spiro atoms. The van der Waals surface area contributed by atoms with Crippen molar-refractivity contribution in [2.45, 2.75) is 45.8 Å². The van der Waals surface area contributed by atoms with Crippen LogP contribution in [0.1, 0.15) is 63.5 Å². The quantitative estimate of drug-likeness (QED) is 0.715. The van der Waals surface area contributed by atoms with Crippen molar-refractivity contribution in [2.75, 3.05) is 6.61 Å². The number of hydrogen-bond acceptors (Lipinski definition) is 5. The summed E-state index contributed by atoms with van der Waals surface area (Å²) < 4.78 is 10.6. The molecule has 2 N–H and O–H groups in total. The third kappa shape index (κ3) is 4.24. The highest BCUT2D eigenvalue weighted by molar-refractivity contribution is 5.99. The molecule has 0 aliphatic heterocycles. The molecule has 1 atom stereocenters. The molecule has 1 aromatic carbocycles. The van der Waals surface area contributed by atoms with Crippen molar-refractivity contribution in [3.63, 3.8) is 0 Å². The number of aryl methyl sites for hydroxylation is 1. The molecule has 1 saturated carbocycles. The Hall–Kier alpha value is -3.09. The van der Waals surface area contributed by atoms with Crippen LogP contribution in [-0.4, -0.2) is 35.5 Å². The fraction of sp³-hybridized carbons (Fsp3) is 0.381. The summed E-state index contributed by atoms with van der Waals surface area (Å²) in [4.78, 5) is 40.5. The van der Waals surface area contributed by atoms with E-state index >= 15 is 0 Å². The zero-order valence-electron chi connectivity index (χ0n) is 16.2.